The standard InChI is InChI=1S/C96H70N2O/c1-63-59-71(66-29-12-6-13-30-66)53-57-86(63)98(89-45-26-43-85-92(89)79-38-21-23-41-83(79)96(85,74-33-16-8-17-34-74)75-35-18-9-19-36-75)87-58-54-72(60-64(87)2)68-47-49-69(50-48-68)73-61-80(70-31-14-7-15-32-70)93-81(62-73)77-39-24-46-90(94(77)99-93)97(76-55-51-67(52-56-76)65-27-10-5-11-28-65)88-44-25-42-84-91(88)78-37-20-22-40-82(78)95(84,3)4/h5-62H,1-4H3. The molecule has 1 heterocycles. The zero-order valence-corrected chi connectivity index (χ0v) is 55.8. The molecule has 0 saturated heterocycles. The first-order chi connectivity index (χ1) is 48.7. The van der Waals surface area contributed by atoms with E-state index in [2.05, 4.69) is 389 Å². The molecular weight excluding hydrogens is 1200 g/mol. The molecule has 3 heteroatoms. The van der Waals surface area contributed by atoms with Crippen molar-refractivity contribution in [3.05, 3.63) is 396 Å². The Morgan fingerprint density at radius 3 is 1.25 bits per heavy atom. The van der Waals surface area contributed by atoms with Gasteiger partial charge in [0.2, 0.25) is 0 Å². The molecule has 470 valence electrons. The van der Waals surface area contributed by atoms with E-state index in [-0.39, 0.29) is 5.41 Å². The molecule has 0 unspecified atom stereocenters. The summed E-state index contributed by atoms with van der Waals surface area (Å²) in [6.45, 7) is 9.25. The molecule has 0 spiro atoms. The van der Waals surface area contributed by atoms with Crippen LogP contribution in [0.1, 0.15) is 58.4 Å². The van der Waals surface area contributed by atoms with Crippen LogP contribution in [0, 0.1) is 13.8 Å². The van der Waals surface area contributed by atoms with Crippen LogP contribution >= 0.6 is 0 Å². The zero-order valence-electron chi connectivity index (χ0n) is 55.8. The average molecular weight is 1270 g/mol. The first-order valence-electron chi connectivity index (χ1n) is 34.5. The summed E-state index contributed by atoms with van der Waals surface area (Å²) in [5, 5.41) is 2.12. The molecule has 18 rings (SSSR count). The molecule has 99 heavy (non-hydrogen) atoms. The van der Waals surface area contributed by atoms with E-state index in [0.717, 1.165) is 89.4 Å². The van der Waals surface area contributed by atoms with Crippen LogP contribution in [-0.2, 0) is 10.8 Å². The highest BCUT2D eigenvalue weighted by Crippen LogP contribution is 2.61. The van der Waals surface area contributed by atoms with Gasteiger partial charge in [0.25, 0.3) is 0 Å². The largest absolute Gasteiger partial charge is 0.453 e. The van der Waals surface area contributed by atoms with E-state index in [9.17, 15) is 0 Å². The molecule has 0 saturated carbocycles. The third-order valence-corrected chi connectivity index (χ3v) is 21.2. The number of benzene rings is 15. The number of hydrogen-bond acceptors (Lipinski definition) is 3. The summed E-state index contributed by atoms with van der Waals surface area (Å²) in [5.74, 6) is 0. The highest BCUT2D eigenvalue weighted by Gasteiger charge is 2.47. The maximum atomic E-state index is 7.45. The predicted octanol–water partition coefficient (Wildman–Crippen LogP) is 26.1. The molecule has 15 aromatic carbocycles. The van der Waals surface area contributed by atoms with Gasteiger partial charge in [0.1, 0.15) is 5.58 Å². The summed E-state index contributed by atoms with van der Waals surface area (Å²) in [4.78, 5) is 4.97. The molecule has 0 radical (unpaired) electrons. The maximum absolute atomic E-state index is 7.45. The van der Waals surface area contributed by atoms with Gasteiger partial charge in [-0.2, -0.15) is 0 Å². The Morgan fingerprint density at radius 1 is 0.253 bits per heavy atom. The van der Waals surface area contributed by atoms with E-state index in [4.69, 9.17) is 4.42 Å². The fourth-order valence-electron chi connectivity index (χ4n) is 16.5. The number of furan rings is 1. The highest BCUT2D eigenvalue weighted by molar-refractivity contribution is 6.15. The van der Waals surface area contributed by atoms with E-state index in [1.807, 2.05) is 0 Å². The SMILES string of the molecule is Cc1cc(-c2ccccc2)ccc1N(c1ccc(-c2ccc(-c3cc(-c4ccccc4)c4oc5c(N(c6ccc(-c7ccccc7)cc6)c6cccc7c6-c6ccccc6C7(C)C)cccc5c4c3)cc2)cc1C)c1cccc2c1-c1ccccc1C2(c1ccccc1)c1ccccc1. The number of nitrogens with zero attached hydrogens (tertiary/aromatic N) is 2. The molecule has 0 bridgehead atoms. The molecule has 0 fully saturated rings. The summed E-state index contributed by atoms with van der Waals surface area (Å²) in [6, 6.07) is 130. The number of rotatable bonds is 13. The molecule has 1 aromatic heterocycles. The molecule has 16 aromatic rings. The fraction of sp³-hybridized carbons (Fsp3) is 0.0625. The summed E-state index contributed by atoms with van der Waals surface area (Å²) in [5.41, 5.74) is 33.9. The van der Waals surface area contributed by atoms with Crippen molar-refractivity contribution in [3.63, 3.8) is 0 Å². The molecule has 2 aliphatic rings. The minimum absolute atomic E-state index is 0.184. The van der Waals surface area contributed by atoms with Crippen LogP contribution < -0.4 is 9.80 Å². The van der Waals surface area contributed by atoms with Crippen molar-refractivity contribution < 1.29 is 4.42 Å². The monoisotopic (exact) mass is 1270 g/mol. The van der Waals surface area contributed by atoms with Crippen molar-refractivity contribution in [1.82, 2.24) is 0 Å². The fourth-order valence-corrected chi connectivity index (χ4v) is 16.5. The summed E-state index contributed by atoms with van der Waals surface area (Å²) < 4.78 is 7.45. The molecular formula is C96H70N2O. The molecule has 2 aliphatic carbocycles. The summed E-state index contributed by atoms with van der Waals surface area (Å²) >= 11 is 0. The van der Waals surface area contributed by atoms with Crippen molar-refractivity contribution >= 4 is 56.1 Å². The Labute approximate surface area is 579 Å². The zero-order chi connectivity index (χ0) is 66.3. The number of fused-ring (bicyclic) bond motifs is 9. The van der Waals surface area contributed by atoms with Gasteiger partial charge < -0.3 is 14.2 Å². The van der Waals surface area contributed by atoms with Crippen LogP contribution in [0.15, 0.2) is 356 Å². The Hall–Kier alpha value is -12.3. The Balaban J connectivity index is 0.756. The summed E-state index contributed by atoms with van der Waals surface area (Å²) in [6.07, 6.45) is 0. The van der Waals surface area contributed by atoms with Gasteiger partial charge in [0.05, 0.1) is 22.5 Å². The summed E-state index contributed by atoms with van der Waals surface area (Å²) in [7, 11) is 0. The number of aryl methyl sites for hydroxylation is 2. The normalized spacial score (nSPS) is 13.0. The second-order valence-electron chi connectivity index (χ2n) is 27.1. The highest BCUT2D eigenvalue weighted by atomic mass is 16.3. The van der Waals surface area contributed by atoms with Gasteiger partial charge in [-0.25, -0.2) is 0 Å². The van der Waals surface area contributed by atoms with Crippen molar-refractivity contribution in [1.29, 1.82) is 0 Å². The van der Waals surface area contributed by atoms with E-state index < -0.39 is 5.41 Å². The van der Waals surface area contributed by atoms with Crippen LogP contribution in [0.5, 0.6) is 0 Å². The van der Waals surface area contributed by atoms with Crippen LogP contribution in [-0.4, -0.2) is 0 Å². The van der Waals surface area contributed by atoms with Gasteiger partial charge in [0, 0.05) is 49.9 Å². The van der Waals surface area contributed by atoms with Crippen molar-refractivity contribution in [2.24, 2.45) is 0 Å². The van der Waals surface area contributed by atoms with Gasteiger partial charge in [0.15, 0.2) is 5.58 Å². The lowest BCUT2D eigenvalue weighted by atomic mass is 9.68. The van der Waals surface area contributed by atoms with E-state index in [1.165, 1.54) is 89.0 Å². The average Bonchev–Trinajstić information content (AvgIpc) is 1.54. The quantitative estimate of drug-likeness (QED) is 0.115. The number of hydrogen-bond donors (Lipinski definition) is 0. The van der Waals surface area contributed by atoms with Crippen LogP contribution in [0.25, 0.3) is 99.8 Å². The van der Waals surface area contributed by atoms with Crippen molar-refractivity contribution in [2.75, 3.05) is 9.80 Å². The first-order valence-corrected chi connectivity index (χ1v) is 34.5. The second kappa shape index (κ2) is 23.8. The third kappa shape index (κ3) is 9.63. The molecule has 3 nitrogen and oxygen atoms in total. The second-order valence-corrected chi connectivity index (χ2v) is 27.1. The Kier molecular flexibility index (Phi) is 14.2. The van der Waals surface area contributed by atoms with E-state index >= 15 is 0 Å². The molecule has 0 atom stereocenters. The van der Waals surface area contributed by atoms with Crippen LogP contribution in [0.3, 0.4) is 0 Å². The number of para-hydroxylation sites is 1. The van der Waals surface area contributed by atoms with Gasteiger partial charge in [-0.15, -0.1) is 0 Å². The minimum Gasteiger partial charge on any atom is -0.453 e. The topological polar surface area (TPSA) is 19.6 Å². The van der Waals surface area contributed by atoms with E-state index in [1.54, 1.807) is 0 Å². The lowest BCUT2D eigenvalue weighted by molar-refractivity contribution is 0.660. The van der Waals surface area contributed by atoms with Crippen LogP contribution in [0.2, 0.25) is 0 Å². The predicted molar refractivity (Wildman–Crippen MR) is 415 cm³/mol. The third-order valence-electron chi connectivity index (χ3n) is 21.2. The van der Waals surface area contributed by atoms with Gasteiger partial charge in [-0.1, -0.05) is 299 Å². The van der Waals surface area contributed by atoms with Crippen LogP contribution in [0.4, 0.5) is 34.1 Å². The Bertz CT molecular complexity index is 5720. The lowest BCUT2D eigenvalue weighted by Gasteiger charge is -2.35. The van der Waals surface area contributed by atoms with Crippen molar-refractivity contribution in [2.45, 2.75) is 38.5 Å². The minimum atomic E-state index is -0.549. The Morgan fingerprint density at radius 2 is 0.667 bits per heavy atom. The van der Waals surface area contributed by atoms with Crippen molar-refractivity contribution in [3.8, 4) is 77.9 Å². The lowest BCUT2D eigenvalue weighted by Crippen LogP contribution is -2.28. The first kappa shape index (κ1) is 59.2. The number of anilines is 6. The van der Waals surface area contributed by atoms with E-state index in [0.29, 0.717) is 0 Å². The van der Waals surface area contributed by atoms with Gasteiger partial charge in [-0.05, 0) is 186 Å². The molecule has 0 amide bonds. The molecule has 0 N–H and O–H groups in total. The maximum Gasteiger partial charge on any atom is 0.159 e. The molecule has 0 aliphatic heterocycles. The van der Waals surface area contributed by atoms with Gasteiger partial charge >= 0.3 is 0 Å². The van der Waals surface area contributed by atoms with Gasteiger partial charge in [-0.3, -0.25) is 0 Å². The smallest absolute Gasteiger partial charge is 0.159 e.